The average molecular weight is 383 g/mol. The molecule has 0 bridgehead atoms. The van der Waals surface area contributed by atoms with E-state index in [1.54, 1.807) is 30.5 Å². The summed E-state index contributed by atoms with van der Waals surface area (Å²) in [6.45, 7) is 1.86. The van der Waals surface area contributed by atoms with E-state index < -0.39 is 10.0 Å². The molecule has 0 aliphatic rings. The van der Waals surface area contributed by atoms with E-state index in [2.05, 4.69) is 15.0 Å². The number of benzene rings is 2. The predicted octanol–water partition coefficient (Wildman–Crippen LogP) is 2.78. The summed E-state index contributed by atoms with van der Waals surface area (Å²) >= 11 is 0. The van der Waals surface area contributed by atoms with Crippen LogP contribution in [0.2, 0.25) is 0 Å². The smallest absolute Gasteiger partial charge is 0.240 e. The van der Waals surface area contributed by atoms with Crippen LogP contribution in [0, 0.1) is 0 Å². The van der Waals surface area contributed by atoms with Gasteiger partial charge in [0.05, 0.1) is 16.6 Å². The van der Waals surface area contributed by atoms with Crippen molar-refractivity contribution < 1.29 is 13.2 Å². The Morgan fingerprint density at radius 3 is 2.52 bits per heavy atom. The van der Waals surface area contributed by atoms with Crippen LogP contribution in [0.4, 0.5) is 0 Å². The van der Waals surface area contributed by atoms with E-state index in [-0.39, 0.29) is 29.8 Å². The molecule has 140 valence electrons. The number of carbonyl (C=O) groups excluding carboxylic acids is 1. The van der Waals surface area contributed by atoms with Crippen LogP contribution in [0.15, 0.2) is 71.8 Å². The van der Waals surface area contributed by atoms with Gasteiger partial charge in [-0.2, -0.15) is 0 Å². The lowest BCUT2D eigenvalue weighted by atomic mass is 10.1. The molecule has 1 amide bonds. The van der Waals surface area contributed by atoms with E-state index in [0.717, 1.165) is 16.5 Å². The van der Waals surface area contributed by atoms with Crippen LogP contribution in [0.25, 0.3) is 10.8 Å². The fourth-order valence-corrected chi connectivity index (χ4v) is 3.80. The topological polar surface area (TPSA) is 88.2 Å². The first-order valence-corrected chi connectivity index (χ1v) is 10.1. The Morgan fingerprint density at radius 1 is 1.04 bits per heavy atom. The van der Waals surface area contributed by atoms with Crippen molar-refractivity contribution in [2.24, 2.45) is 0 Å². The molecule has 3 aromatic rings. The van der Waals surface area contributed by atoms with Gasteiger partial charge in [0.25, 0.3) is 0 Å². The second kappa shape index (κ2) is 8.28. The maximum Gasteiger partial charge on any atom is 0.240 e. The van der Waals surface area contributed by atoms with Crippen LogP contribution in [-0.4, -0.2) is 25.9 Å². The second-order valence-electron chi connectivity index (χ2n) is 6.20. The minimum Gasteiger partial charge on any atom is -0.348 e. The normalized spacial score (nSPS) is 12.6. The summed E-state index contributed by atoms with van der Waals surface area (Å²) in [6.07, 6.45) is 1.71. The molecular weight excluding hydrogens is 362 g/mol. The van der Waals surface area contributed by atoms with Crippen LogP contribution in [0.5, 0.6) is 0 Å². The van der Waals surface area contributed by atoms with Crippen molar-refractivity contribution in [1.82, 2.24) is 15.0 Å². The molecule has 0 aliphatic carbocycles. The number of nitrogens with one attached hydrogen (secondary N) is 2. The van der Waals surface area contributed by atoms with Crippen molar-refractivity contribution in [2.75, 3.05) is 6.54 Å². The number of carbonyl (C=O) groups is 1. The minimum atomic E-state index is -3.67. The third kappa shape index (κ3) is 4.90. The number of pyridine rings is 1. The number of fused-ring (bicyclic) bond motifs is 1. The highest BCUT2D eigenvalue weighted by molar-refractivity contribution is 7.89. The molecule has 3 rings (SSSR count). The van der Waals surface area contributed by atoms with Gasteiger partial charge in [-0.1, -0.05) is 36.4 Å². The largest absolute Gasteiger partial charge is 0.348 e. The highest BCUT2D eigenvalue weighted by Gasteiger charge is 2.15. The number of amides is 1. The number of aromatic nitrogens is 1. The van der Waals surface area contributed by atoms with Gasteiger partial charge in [-0.05, 0) is 42.0 Å². The van der Waals surface area contributed by atoms with E-state index >= 15 is 0 Å². The summed E-state index contributed by atoms with van der Waals surface area (Å²) in [5.41, 5.74) is 0.752. The van der Waals surface area contributed by atoms with Gasteiger partial charge < -0.3 is 5.32 Å². The standard InChI is InChI=1S/C20H21N3O3S/c1-15(19-8-4-5-12-21-19)23-20(24)11-13-22-27(25,26)18-10-9-16-6-2-3-7-17(16)14-18/h2-10,12,14-15,22H,11,13H2,1H3,(H,23,24). The summed E-state index contributed by atoms with van der Waals surface area (Å²) in [5, 5.41) is 4.63. The second-order valence-corrected chi connectivity index (χ2v) is 7.97. The molecule has 1 atom stereocenters. The van der Waals surface area contributed by atoms with E-state index in [4.69, 9.17) is 0 Å². The molecule has 1 aromatic heterocycles. The Kier molecular flexibility index (Phi) is 5.83. The van der Waals surface area contributed by atoms with Crippen molar-refractivity contribution >= 4 is 26.7 Å². The molecule has 7 heteroatoms. The Morgan fingerprint density at radius 2 is 1.78 bits per heavy atom. The molecule has 1 heterocycles. The molecule has 0 saturated carbocycles. The number of sulfonamides is 1. The first-order valence-electron chi connectivity index (χ1n) is 8.64. The molecule has 1 unspecified atom stereocenters. The number of hydrogen-bond acceptors (Lipinski definition) is 4. The van der Waals surface area contributed by atoms with E-state index in [1.165, 1.54) is 0 Å². The van der Waals surface area contributed by atoms with E-state index in [9.17, 15) is 13.2 Å². The lowest BCUT2D eigenvalue weighted by Gasteiger charge is -2.13. The Balaban J connectivity index is 1.56. The van der Waals surface area contributed by atoms with Crippen molar-refractivity contribution in [3.05, 3.63) is 72.6 Å². The lowest BCUT2D eigenvalue weighted by Crippen LogP contribution is -2.32. The van der Waals surface area contributed by atoms with Crippen LogP contribution in [0.3, 0.4) is 0 Å². The third-order valence-corrected chi connectivity index (χ3v) is 5.64. The molecule has 27 heavy (non-hydrogen) atoms. The maximum absolute atomic E-state index is 12.4. The maximum atomic E-state index is 12.4. The zero-order valence-electron chi connectivity index (χ0n) is 14.9. The molecule has 6 nitrogen and oxygen atoms in total. The minimum absolute atomic E-state index is 0.0237. The predicted molar refractivity (Wildman–Crippen MR) is 105 cm³/mol. The molecule has 0 radical (unpaired) electrons. The molecular formula is C20H21N3O3S. The highest BCUT2D eigenvalue weighted by Crippen LogP contribution is 2.18. The Labute approximate surface area is 158 Å². The molecule has 0 spiro atoms. The molecule has 2 aromatic carbocycles. The first-order chi connectivity index (χ1) is 13.0. The zero-order chi connectivity index (χ0) is 19.3. The van der Waals surface area contributed by atoms with Gasteiger partial charge in [-0.25, -0.2) is 13.1 Å². The zero-order valence-corrected chi connectivity index (χ0v) is 15.7. The highest BCUT2D eigenvalue weighted by atomic mass is 32.2. The van der Waals surface area contributed by atoms with Gasteiger partial charge in [0.2, 0.25) is 15.9 Å². The van der Waals surface area contributed by atoms with Gasteiger partial charge in [0, 0.05) is 19.2 Å². The Bertz CT molecular complexity index is 1040. The van der Waals surface area contributed by atoms with Crippen molar-refractivity contribution in [2.45, 2.75) is 24.3 Å². The fraction of sp³-hybridized carbons (Fsp3) is 0.200. The summed E-state index contributed by atoms with van der Waals surface area (Å²) in [6, 6.07) is 17.7. The van der Waals surface area contributed by atoms with Gasteiger partial charge in [0.15, 0.2) is 0 Å². The fourth-order valence-electron chi connectivity index (χ4n) is 2.74. The molecule has 2 N–H and O–H groups in total. The van der Waals surface area contributed by atoms with Crippen molar-refractivity contribution in [3.8, 4) is 0 Å². The summed E-state index contributed by atoms with van der Waals surface area (Å²) in [4.78, 5) is 16.4. The van der Waals surface area contributed by atoms with Crippen LogP contribution in [-0.2, 0) is 14.8 Å². The first kappa shape index (κ1) is 19.0. The van der Waals surface area contributed by atoms with Crippen LogP contribution < -0.4 is 10.0 Å². The van der Waals surface area contributed by atoms with E-state index in [1.807, 2.05) is 43.3 Å². The quantitative estimate of drug-likeness (QED) is 0.657. The summed E-state index contributed by atoms with van der Waals surface area (Å²) < 4.78 is 27.4. The van der Waals surface area contributed by atoms with Crippen LogP contribution >= 0.6 is 0 Å². The Hall–Kier alpha value is -2.77. The molecule has 0 aliphatic heterocycles. The van der Waals surface area contributed by atoms with Gasteiger partial charge in [-0.15, -0.1) is 0 Å². The number of hydrogen-bond donors (Lipinski definition) is 2. The molecule has 0 saturated heterocycles. The summed E-state index contributed by atoms with van der Waals surface area (Å²) in [7, 11) is -3.67. The summed E-state index contributed by atoms with van der Waals surface area (Å²) in [5.74, 6) is -0.241. The van der Waals surface area contributed by atoms with Gasteiger partial charge in [-0.3, -0.25) is 9.78 Å². The van der Waals surface area contributed by atoms with E-state index in [0.29, 0.717) is 0 Å². The van der Waals surface area contributed by atoms with Crippen molar-refractivity contribution in [3.63, 3.8) is 0 Å². The monoisotopic (exact) mass is 383 g/mol. The van der Waals surface area contributed by atoms with Gasteiger partial charge in [0.1, 0.15) is 0 Å². The molecule has 0 fully saturated rings. The number of rotatable bonds is 7. The third-order valence-electron chi connectivity index (χ3n) is 4.18. The van der Waals surface area contributed by atoms with Crippen LogP contribution in [0.1, 0.15) is 25.1 Å². The SMILES string of the molecule is CC(NC(=O)CCNS(=O)(=O)c1ccc2ccccc2c1)c1ccccn1. The number of nitrogens with zero attached hydrogens (tertiary/aromatic N) is 1. The van der Waals surface area contributed by atoms with Gasteiger partial charge >= 0.3 is 0 Å². The lowest BCUT2D eigenvalue weighted by molar-refractivity contribution is -0.121. The van der Waals surface area contributed by atoms with Crippen molar-refractivity contribution in [1.29, 1.82) is 0 Å². The average Bonchev–Trinajstić information content (AvgIpc) is 2.68.